The Morgan fingerprint density at radius 2 is 2.21 bits per heavy atom. The van der Waals surface area contributed by atoms with Gasteiger partial charge in [0.05, 0.1) is 5.69 Å². The first kappa shape index (κ1) is 12.4. The van der Waals surface area contributed by atoms with Gasteiger partial charge in [-0.1, -0.05) is 0 Å². The van der Waals surface area contributed by atoms with Gasteiger partial charge in [0.1, 0.15) is 14.9 Å². The van der Waals surface area contributed by atoms with Crippen molar-refractivity contribution >= 4 is 39.3 Å². The second kappa shape index (κ2) is 4.82. The molecule has 0 radical (unpaired) electrons. The number of nitrogens with zero attached hydrogens (tertiary/aromatic N) is 4. The lowest BCUT2D eigenvalue weighted by molar-refractivity contribution is 0.692. The van der Waals surface area contributed by atoms with Crippen LogP contribution in [0.1, 0.15) is 5.69 Å². The number of fused-ring (bicyclic) bond motifs is 1. The molecule has 3 rings (SSSR count). The number of nitrogens with one attached hydrogen (secondary N) is 1. The van der Waals surface area contributed by atoms with Crippen molar-refractivity contribution in [2.24, 2.45) is 7.05 Å². The molecule has 7 heteroatoms. The molecule has 0 aliphatic carbocycles. The smallest absolute Gasteiger partial charge is 0.224 e. The zero-order chi connectivity index (χ0) is 13.4. The summed E-state index contributed by atoms with van der Waals surface area (Å²) in [5.41, 5.74) is 1.01. The molecular weight excluding hydrogens is 278 g/mol. The van der Waals surface area contributed by atoms with Crippen molar-refractivity contribution in [3.8, 4) is 0 Å². The highest BCUT2D eigenvalue weighted by Crippen LogP contribution is 2.34. The normalized spacial score (nSPS) is 11.1. The minimum Gasteiger partial charge on any atom is -0.357 e. The summed E-state index contributed by atoms with van der Waals surface area (Å²) < 4.78 is 1.87. The van der Waals surface area contributed by atoms with Crippen LogP contribution in [0, 0.1) is 6.92 Å². The van der Waals surface area contributed by atoms with Gasteiger partial charge in [0.15, 0.2) is 0 Å². The van der Waals surface area contributed by atoms with Gasteiger partial charge in [0.2, 0.25) is 5.95 Å². The average molecular weight is 291 g/mol. The first-order valence-electron chi connectivity index (χ1n) is 5.79. The molecule has 0 saturated heterocycles. The molecule has 0 aliphatic heterocycles. The van der Waals surface area contributed by atoms with Crippen LogP contribution in [0.25, 0.3) is 10.2 Å². The van der Waals surface area contributed by atoms with E-state index in [2.05, 4.69) is 32.5 Å². The fourth-order valence-electron chi connectivity index (χ4n) is 1.80. The molecule has 3 heterocycles. The Balaban J connectivity index is 2.08. The molecule has 0 spiro atoms. The van der Waals surface area contributed by atoms with Crippen molar-refractivity contribution in [1.29, 1.82) is 0 Å². The van der Waals surface area contributed by atoms with E-state index in [4.69, 9.17) is 0 Å². The van der Waals surface area contributed by atoms with E-state index in [1.54, 1.807) is 23.1 Å². The summed E-state index contributed by atoms with van der Waals surface area (Å²) in [5, 5.41) is 12.5. The number of hydrogen-bond acceptors (Lipinski definition) is 6. The molecule has 0 aliphatic rings. The van der Waals surface area contributed by atoms with Crippen LogP contribution in [-0.4, -0.2) is 26.8 Å². The van der Waals surface area contributed by atoms with E-state index in [1.807, 2.05) is 31.1 Å². The number of hydrogen-bond donors (Lipinski definition) is 1. The maximum atomic E-state index is 4.54. The molecule has 0 amide bonds. The topological polar surface area (TPSA) is 55.6 Å². The molecular formula is C12H13N5S2. The summed E-state index contributed by atoms with van der Waals surface area (Å²) >= 11 is 3.24. The number of aryl methyl sites for hydroxylation is 2. The summed E-state index contributed by atoms with van der Waals surface area (Å²) in [6, 6.07) is 4.12. The highest BCUT2D eigenvalue weighted by Gasteiger charge is 2.12. The second-order valence-electron chi connectivity index (χ2n) is 4.09. The Labute approximate surface area is 119 Å². The van der Waals surface area contributed by atoms with Crippen molar-refractivity contribution < 1.29 is 0 Å². The fourth-order valence-corrected chi connectivity index (χ4v) is 3.64. The molecule has 0 fully saturated rings. The number of rotatable bonds is 3. The van der Waals surface area contributed by atoms with Crippen molar-refractivity contribution in [2.45, 2.75) is 17.0 Å². The first-order valence-corrected chi connectivity index (χ1v) is 7.48. The van der Waals surface area contributed by atoms with Gasteiger partial charge in [0.25, 0.3) is 0 Å². The molecule has 1 N–H and O–H groups in total. The van der Waals surface area contributed by atoms with Gasteiger partial charge < -0.3 is 5.32 Å². The monoisotopic (exact) mass is 291 g/mol. The Morgan fingerprint density at radius 1 is 1.37 bits per heavy atom. The third-order valence-corrected chi connectivity index (χ3v) is 4.58. The summed E-state index contributed by atoms with van der Waals surface area (Å²) in [6.07, 6.45) is 0. The third kappa shape index (κ3) is 2.31. The van der Waals surface area contributed by atoms with Crippen LogP contribution in [0.4, 0.5) is 5.95 Å². The molecule has 0 aromatic carbocycles. The Kier molecular flexibility index (Phi) is 3.16. The van der Waals surface area contributed by atoms with Gasteiger partial charge >= 0.3 is 0 Å². The zero-order valence-corrected chi connectivity index (χ0v) is 12.5. The predicted molar refractivity (Wildman–Crippen MR) is 79.0 cm³/mol. The van der Waals surface area contributed by atoms with Crippen LogP contribution >= 0.6 is 23.1 Å². The number of aromatic nitrogens is 4. The largest absolute Gasteiger partial charge is 0.357 e. The van der Waals surface area contributed by atoms with Crippen LogP contribution in [0.15, 0.2) is 27.6 Å². The van der Waals surface area contributed by atoms with Crippen molar-refractivity contribution in [2.75, 3.05) is 12.4 Å². The van der Waals surface area contributed by atoms with Crippen LogP contribution in [0.2, 0.25) is 0 Å². The van der Waals surface area contributed by atoms with Crippen LogP contribution in [0.3, 0.4) is 0 Å². The van der Waals surface area contributed by atoms with Crippen LogP contribution < -0.4 is 5.32 Å². The molecule has 3 aromatic rings. The Hall–Kier alpha value is -1.60. The van der Waals surface area contributed by atoms with E-state index in [-0.39, 0.29) is 0 Å². The van der Waals surface area contributed by atoms with Crippen molar-refractivity contribution in [1.82, 2.24) is 19.7 Å². The van der Waals surface area contributed by atoms with E-state index in [0.29, 0.717) is 5.95 Å². The molecule has 0 unspecified atom stereocenters. The van der Waals surface area contributed by atoms with E-state index < -0.39 is 0 Å². The SMILES string of the molecule is CNc1nc(Sc2cc(C)nn2C)c2ccsc2n1. The first-order chi connectivity index (χ1) is 9.17. The lowest BCUT2D eigenvalue weighted by atomic mass is 10.4. The highest BCUT2D eigenvalue weighted by molar-refractivity contribution is 7.99. The second-order valence-corrected chi connectivity index (χ2v) is 6.00. The molecule has 5 nitrogen and oxygen atoms in total. The highest BCUT2D eigenvalue weighted by atomic mass is 32.2. The third-order valence-electron chi connectivity index (χ3n) is 2.67. The van der Waals surface area contributed by atoms with E-state index in [0.717, 1.165) is 26.0 Å². The standard InChI is InChI=1S/C12H13N5S2/c1-7-6-9(17(3)16-7)19-11-8-4-5-18-10(8)14-12(13-2)15-11/h4-6H,1-3H3,(H,13,14,15). The van der Waals surface area contributed by atoms with Gasteiger partial charge in [-0.05, 0) is 36.2 Å². The maximum Gasteiger partial charge on any atom is 0.224 e. The lowest BCUT2D eigenvalue weighted by Crippen LogP contribution is -1.98. The molecule has 3 aromatic heterocycles. The van der Waals surface area contributed by atoms with E-state index >= 15 is 0 Å². The van der Waals surface area contributed by atoms with Gasteiger partial charge in [0, 0.05) is 19.5 Å². The molecule has 0 saturated carbocycles. The summed E-state index contributed by atoms with van der Waals surface area (Å²) in [7, 11) is 3.78. The van der Waals surface area contributed by atoms with Crippen LogP contribution in [-0.2, 0) is 7.05 Å². The Bertz CT molecular complexity index is 731. The molecule has 19 heavy (non-hydrogen) atoms. The number of thiophene rings is 1. The molecule has 98 valence electrons. The van der Waals surface area contributed by atoms with Crippen LogP contribution in [0.5, 0.6) is 0 Å². The average Bonchev–Trinajstić information content (AvgIpc) is 2.96. The summed E-state index contributed by atoms with van der Waals surface area (Å²) in [5.74, 6) is 0.649. The molecule has 0 bridgehead atoms. The minimum atomic E-state index is 0.649. The fraction of sp³-hybridized carbons (Fsp3) is 0.250. The maximum absolute atomic E-state index is 4.54. The molecule has 0 atom stereocenters. The summed E-state index contributed by atoms with van der Waals surface area (Å²) in [4.78, 5) is 9.99. The lowest BCUT2D eigenvalue weighted by Gasteiger charge is -2.05. The van der Waals surface area contributed by atoms with Gasteiger partial charge in [-0.25, -0.2) is 9.97 Å². The van der Waals surface area contributed by atoms with Crippen molar-refractivity contribution in [3.05, 3.63) is 23.2 Å². The van der Waals surface area contributed by atoms with Gasteiger partial charge in [-0.2, -0.15) is 5.10 Å². The van der Waals surface area contributed by atoms with Gasteiger partial charge in [-0.15, -0.1) is 11.3 Å². The quantitative estimate of drug-likeness (QED) is 0.752. The number of anilines is 1. The van der Waals surface area contributed by atoms with Crippen molar-refractivity contribution in [3.63, 3.8) is 0 Å². The summed E-state index contributed by atoms with van der Waals surface area (Å²) in [6.45, 7) is 1.99. The minimum absolute atomic E-state index is 0.649. The predicted octanol–water partition coefficient (Wildman–Crippen LogP) is 2.93. The van der Waals surface area contributed by atoms with E-state index in [1.165, 1.54) is 0 Å². The van der Waals surface area contributed by atoms with E-state index in [9.17, 15) is 0 Å². The Morgan fingerprint density at radius 3 is 2.89 bits per heavy atom. The zero-order valence-electron chi connectivity index (χ0n) is 10.8. The van der Waals surface area contributed by atoms with Gasteiger partial charge in [-0.3, -0.25) is 4.68 Å².